The molecule has 4 aromatic rings. The predicted octanol–water partition coefficient (Wildman–Crippen LogP) is 3.59. The summed E-state index contributed by atoms with van der Waals surface area (Å²) in [6, 6.07) is 27.6. The van der Waals surface area contributed by atoms with Crippen molar-refractivity contribution in [2.75, 3.05) is 0 Å². The molecule has 1 radical (unpaired) electrons. The van der Waals surface area contributed by atoms with Crippen molar-refractivity contribution in [2.45, 2.75) is 0 Å². The maximum Gasteiger partial charge on any atom is 0.290 e. The smallest absolute Gasteiger partial charge is 0.290 e. The highest BCUT2D eigenvalue weighted by atomic mass is 14.9. The van der Waals surface area contributed by atoms with Gasteiger partial charge in [0.05, 0.1) is 0 Å². The first-order valence-electron chi connectivity index (χ1n) is 6.81. The van der Waals surface area contributed by atoms with Crippen molar-refractivity contribution in [1.82, 2.24) is 4.48 Å². The fourth-order valence-electron chi connectivity index (χ4n) is 2.78. The maximum absolute atomic E-state index is 2.28. The minimum Gasteiger partial charge on any atom is -0.385 e. The molecule has 0 saturated heterocycles. The van der Waals surface area contributed by atoms with Gasteiger partial charge in [-0.15, -0.1) is 0 Å². The Morgan fingerprint density at radius 1 is 0.550 bits per heavy atom. The van der Waals surface area contributed by atoms with Gasteiger partial charge in [-0.25, -0.2) is 0 Å². The molecule has 0 aliphatic carbocycles. The average molecular weight is 254 g/mol. The van der Waals surface area contributed by atoms with E-state index in [1.54, 1.807) is 0 Å². The Labute approximate surface area is 118 Å². The van der Waals surface area contributed by atoms with Crippen molar-refractivity contribution in [1.29, 1.82) is 0 Å². The fraction of sp³-hybridized carbons (Fsp3) is 0. The topological polar surface area (TPSA) is 4.93 Å². The van der Waals surface area contributed by atoms with E-state index in [0.717, 1.165) is 0 Å². The molecule has 0 unspecified atom stereocenters. The van der Waals surface area contributed by atoms with E-state index in [1.165, 1.54) is 27.3 Å². The molecule has 0 fully saturated rings. The largest absolute Gasteiger partial charge is 0.385 e. The van der Waals surface area contributed by atoms with Crippen LogP contribution in [0.2, 0.25) is 0 Å². The second kappa shape index (κ2) is 4.57. The van der Waals surface area contributed by atoms with Gasteiger partial charge in [-0.1, -0.05) is 72.2 Å². The van der Waals surface area contributed by atoms with Crippen LogP contribution in [0, 0.1) is 0 Å². The molecule has 0 bridgehead atoms. The van der Waals surface area contributed by atoms with E-state index in [2.05, 4.69) is 84.7 Å². The summed E-state index contributed by atoms with van der Waals surface area (Å²) in [4.78, 5) is 0. The van der Waals surface area contributed by atoms with Crippen LogP contribution in [-0.2, 0) is 0 Å². The number of para-hydroxylation sites is 2. The van der Waals surface area contributed by atoms with E-state index in [0.29, 0.717) is 0 Å². The molecular weight excluding hydrogens is 241 g/mol. The zero-order valence-electron chi connectivity index (χ0n) is 11.0. The molecule has 0 aliphatic rings. The lowest BCUT2D eigenvalue weighted by Gasteiger charge is -2.05. The zero-order chi connectivity index (χ0) is 13.4. The van der Waals surface area contributed by atoms with Crippen molar-refractivity contribution in [2.24, 2.45) is 0 Å². The lowest BCUT2D eigenvalue weighted by molar-refractivity contribution is 1.37. The first-order valence-corrected chi connectivity index (χ1v) is 6.81. The van der Waals surface area contributed by atoms with E-state index in [4.69, 9.17) is 0 Å². The van der Waals surface area contributed by atoms with Crippen LogP contribution in [0.1, 0.15) is 0 Å². The summed E-state index contributed by atoms with van der Waals surface area (Å²) in [6.07, 6.45) is 0. The monoisotopic (exact) mass is 254 g/mol. The number of fused-ring (bicyclic) bond motifs is 3. The van der Waals surface area contributed by atoms with Crippen LogP contribution >= 0.6 is 0 Å². The molecule has 0 aliphatic heterocycles. The molecule has 0 amide bonds. The van der Waals surface area contributed by atoms with Gasteiger partial charge >= 0.3 is 0 Å². The highest BCUT2D eigenvalue weighted by molar-refractivity contribution is 6.54. The Balaban J connectivity index is 2.00. The van der Waals surface area contributed by atoms with E-state index in [-0.39, 0.29) is 0 Å². The minimum atomic E-state index is 1.21. The van der Waals surface area contributed by atoms with Crippen LogP contribution < -0.4 is 5.46 Å². The van der Waals surface area contributed by atoms with Gasteiger partial charge in [0.25, 0.3) is 7.41 Å². The second-order valence-electron chi connectivity index (χ2n) is 4.94. The third-order valence-corrected chi connectivity index (χ3v) is 3.70. The van der Waals surface area contributed by atoms with E-state index >= 15 is 0 Å². The molecule has 3 aromatic carbocycles. The molecular formula is C18H13BN. The van der Waals surface area contributed by atoms with Gasteiger partial charge in [0.1, 0.15) is 0 Å². The molecule has 1 heterocycles. The number of benzene rings is 3. The van der Waals surface area contributed by atoms with Crippen molar-refractivity contribution in [3.05, 3.63) is 78.9 Å². The van der Waals surface area contributed by atoms with Crippen LogP contribution in [-0.4, -0.2) is 11.9 Å². The van der Waals surface area contributed by atoms with Crippen molar-refractivity contribution >= 4 is 34.7 Å². The molecule has 1 aromatic heterocycles. The highest BCUT2D eigenvalue weighted by Crippen LogP contribution is 2.27. The standard InChI is InChI=1S/C18H13BN/c1-2-8-14(9-3-1)19-20-17-12-6-4-10-15(17)16-11-5-7-13-18(16)20/h1-13H. The number of hydrogen-bond donors (Lipinski definition) is 0. The molecule has 2 heteroatoms. The Morgan fingerprint density at radius 2 is 1.05 bits per heavy atom. The molecule has 20 heavy (non-hydrogen) atoms. The SMILES string of the molecule is [B](c1ccccc1)n1c2ccccc2c2ccccc21. The highest BCUT2D eigenvalue weighted by Gasteiger charge is 2.10. The summed E-state index contributed by atoms with van der Waals surface area (Å²) >= 11 is 0. The molecule has 93 valence electrons. The zero-order valence-corrected chi connectivity index (χ0v) is 11.0. The van der Waals surface area contributed by atoms with Gasteiger partial charge in [-0.2, -0.15) is 0 Å². The van der Waals surface area contributed by atoms with Crippen molar-refractivity contribution in [3.8, 4) is 0 Å². The Morgan fingerprint density at radius 3 is 1.65 bits per heavy atom. The molecule has 0 spiro atoms. The molecule has 1 nitrogen and oxygen atoms in total. The Kier molecular flexibility index (Phi) is 2.60. The lowest BCUT2D eigenvalue weighted by Crippen LogP contribution is -2.21. The maximum atomic E-state index is 2.28. The first kappa shape index (κ1) is 11.4. The molecule has 4 rings (SSSR count). The minimum absolute atomic E-state index is 1.21. The molecule has 0 saturated carbocycles. The summed E-state index contributed by atoms with van der Waals surface area (Å²) in [5, 5.41) is 2.60. The van der Waals surface area contributed by atoms with E-state index in [1.807, 2.05) is 6.07 Å². The quantitative estimate of drug-likeness (QED) is 0.482. The average Bonchev–Trinajstić information content (AvgIpc) is 2.84. The van der Waals surface area contributed by atoms with Gasteiger partial charge in [0.2, 0.25) is 0 Å². The third-order valence-electron chi connectivity index (χ3n) is 3.70. The van der Waals surface area contributed by atoms with Gasteiger partial charge in [-0.3, -0.25) is 0 Å². The van der Waals surface area contributed by atoms with Gasteiger partial charge in [-0.05, 0) is 12.1 Å². The number of rotatable bonds is 2. The van der Waals surface area contributed by atoms with Gasteiger partial charge in [0.15, 0.2) is 0 Å². The normalized spacial score (nSPS) is 11.0. The second-order valence-corrected chi connectivity index (χ2v) is 4.94. The molecule has 0 N–H and O–H groups in total. The van der Waals surface area contributed by atoms with Gasteiger partial charge in [0, 0.05) is 21.8 Å². The summed E-state index contributed by atoms with van der Waals surface area (Å²) < 4.78 is 2.28. The van der Waals surface area contributed by atoms with Crippen LogP contribution in [0.15, 0.2) is 78.9 Å². The van der Waals surface area contributed by atoms with Gasteiger partial charge < -0.3 is 4.48 Å². The summed E-state index contributed by atoms with van der Waals surface area (Å²) in [6.45, 7) is 0. The van der Waals surface area contributed by atoms with E-state index in [9.17, 15) is 0 Å². The van der Waals surface area contributed by atoms with Crippen LogP contribution in [0.4, 0.5) is 0 Å². The Hall–Kier alpha value is -2.48. The van der Waals surface area contributed by atoms with Crippen molar-refractivity contribution in [3.63, 3.8) is 0 Å². The Bertz CT molecular complexity index is 824. The number of hydrogen-bond acceptors (Lipinski definition) is 0. The lowest BCUT2D eigenvalue weighted by atomic mass is 9.82. The summed E-state index contributed by atoms with van der Waals surface area (Å²) in [5.41, 5.74) is 3.70. The third kappa shape index (κ3) is 1.73. The number of aromatic nitrogens is 1. The molecule has 0 atom stereocenters. The van der Waals surface area contributed by atoms with E-state index < -0.39 is 0 Å². The number of nitrogens with zero attached hydrogens (tertiary/aromatic N) is 1. The van der Waals surface area contributed by atoms with Crippen LogP contribution in [0.5, 0.6) is 0 Å². The summed E-state index contributed by atoms with van der Waals surface area (Å²) in [7, 11) is 2.20. The predicted molar refractivity (Wildman–Crippen MR) is 86.7 cm³/mol. The van der Waals surface area contributed by atoms with Crippen molar-refractivity contribution < 1.29 is 0 Å². The first-order chi connectivity index (χ1) is 9.93. The van der Waals surface area contributed by atoms with Crippen LogP contribution in [0.25, 0.3) is 21.8 Å². The van der Waals surface area contributed by atoms with Crippen LogP contribution in [0.3, 0.4) is 0 Å². The summed E-state index contributed by atoms with van der Waals surface area (Å²) in [5.74, 6) is 0. The fourth-order valence-corrected chi connectivity index (χ4v) is 2.78.